The molecule has 0 saturated carbocycles. The first-order chi connectivity index (χ1) is 16.4. The van der Waals surface area contributed by atoms with Crippen molar-refractivity contribution in [2.24, 2.45) is 0 Å². The summed E-state index contributed by atoms with van der Waals surface area (Å²) in [6.45, 7) is 3.42. The Balaban J connectivity index is 1.49. The molecule has 1 atom stereocenters. The minimum atomic E-state index is -0.176. The van der Waals surface area contributed by atoms with Gasteiger partial charge in [-0.1, -0.05) is 30.3 Å². The first-order valence-electron chi connectivity index (χ1n) is 11.4. The zero-order chi connectivity index (χ0) is 24.1. The van der Waals surface area contributed by atoms with Crippen LogP contribution in [0.15, 0.2) is 72.8 Å². The zero-order valence-electron chi connectivity index (χ0n) is 19.6. The number of aromatic amines is 1. The number of hydrogen-bond acceptors (Lipinski definition) is 3. The van der Waals surface area contributed by atoms with Gasteiger partial charge in [-0.05, 0) is 72.5 Å². The molecule has 0 aliphatic rings. The van der Waals surface area contributed by atoms with Crippen molar-refractivity contribution in [1.29, 1.82) is 0 Å². The second-order valence-corrected chi connectivity index (χ2v) is 8.35. The molecule has 3 aromatic carbocycles. The number of hydrogen-bond donors (Lipinski definition) is 3. The molecule has 0 saturated heterocycles. The highest BCUT2D eigenvalue weighted by atomic mass is 16.5. The summed E-state index contributed by atoms with van der Waals surface area (Å²) in [6.07, 6.45) is 0.969. The number of rotatable bonds is 8. The Kier molecular flexibility index (Phi) is 6.97. The van der Waals surface area contributed by atoms with Crippen molar-refractivity contribution in [3.05, 3.63) is 83.9 Å². The molecule has 0 fully saturated rings. The molecule has 0 radical (unpaired) electrons. The molecular formula is C28H29N3O3. The van der Waals surface area contributed by atoms with Crippen LogP contribution in [-0.2, 0) is 16.0 Å². The van der Waals surface area contributed by atoms with Gasteiger partial charge in [0.15, 0.2) is 0 Å². The number of aromatic nitrogens is 1. The van der Waals surface area contributed by atoms with E-state index in [4.69, 9.17) is 4.74 Å². The lowest BCUT2D eigenvalue weighted by atomic mass is 10.0. The molecule has 2 amide bonds. The van der Waals surface area contributed by atoms with E-state index in [1.54, 1.807) is 7.11 Å². The molecular weight excluding hydrogens is 426 g/mol. The van der Waals surface area contributed by atoms with Crippen LogP contribution in [0.3, 0.4) is 0 Å². The molecule has 0 aliphatic carbocycles. The molecule has 6 heteroatoms. The van der Waals surface area contributed by atoms with Gasteiger partial charge in [-0.15, -0.1) is 0 Å². The topological polar surface area (TPSA) is 83.2 Å². The van der Waals surface area contributed by atoms with E-state index in [0.29, 0.717) is 18.5 Å². The minimum absolute atomic E-state index is 0.0246. The first kappa shape index (κ1) is 23.1. The second kappa shape index (κ2) is 10.3. The summed E-state index contributed by atoms with van der Waals surface area (Å²) in [6, 6.07) is 23.4. The highest BCUT2D eigenvalue weighted by molar-refractivity contribution is 5.91. The summed E-state index contributed by atoms with van der Waals surface area (Å²) in [5.74, 6) is 0.654. The van der Waals surface area contributed by atoms with Crippen LogP contribution >= 0.6 is 0 Å². The van der Waals surface area contributed by atoms with E-state index >= 15 is 0 Å². The monoisotopic (exact) mass is 455 g/mol. The SMILES string of the molecule is COc1ccc(-c2[nH]c3ccccc3c2CCC(=O)NC(C)c2cccc(NC(C)=O)c2)cc1. The molecule has 0 aliphatic heterocycles. The number of benzene rings is 3. The summed E-state index contributed by atoms with van der Waals surface area (Å²) in [5.41, 5.74) is 5.89. The van der Waals surface area contributed by atoms with E-state index in [0.717, 1.165) is 39.0 Å². The fraction of sp³-hybridized carbons (Fsp3) is 0.214. The smallest absolute Gasteiger partial charge is 0.221 e. The summed E-state index contributed by atoms with van der Waals surface area (Å²) < 4.78 is 5.29. The fourth-order valence-electron chi connectivity index (χ4n) is 4.19. The third kappa shape index (κ3) is 5.29. The predicted octanol–water partition coefficient (Wildman–Crippen LogP) is 5.61. The van der Waals surface area contributed by atoms with E-state index in [9.17, 15) is 9.59 Å². The number of nitrogens with one attached hydrogen (secondary N) is 3. The Morgan fingerprint density at radius 1 is 1.00 bits per heavy atom. The van der Waals surface area contributed by atoms with Crippen LogP contribution in [0.4, 0.5) is 5.69 Å². The van der Waals surface area contributed by atoms with E-state index in [2.05, 4.69) is 27.8 Å². The van der Waals surface area contributed by atoms with Crippen LogP contribution in [0.2, 0.25) is 0 Å². The lowest BCUT2D eigenvalue weighted by molar-refractivity contribution is -0.121. The number of methoxy groups -OCH3 is 1. The number of carbonyl (C=O) groups excluding carboxylic acids is 2. The Labute approximate surface area is 199 Å². The molecule has 0 spiro atoms. The highest BCUT2D eigenvalue weighted by Gasteiger charge is 2.16. The molecule has 1 aromatic heterocycles. The van der Waals surface area contributed by atoms with Gasteiger partial charge in [0.2, 0.25) is 11.8 Å². The molecule has 1 heterocycles. The summed E-state index contributed by atoms with van der Waals surface area (Å²) in [5, 5.41) is 6.99. The van der Waals surface area contributed by atoms with Crippen molar-refractivity contribution in [1.82, 2.24) is 10.3 Å². The Morgan fingerprint density at radius 3 is 2.50 bits per heavy atom. The number of anilines is 1. The predicted molar refractivity (Wildman–Crippen MR) is 136 cm³/mol. The van der Waals surface area contributed by atoms with Crippen molar-refractivity contribution in [2.75, 3.05) is 12.4 Å². The summed E-state index contributed by atoms with van der Waals surface area (Å²) >= 11 is 0. The fourth-order valence-corrected chi connectivity index (χ4v) is 4.19. The van der Waals surface area contributed by atoms with Gasteiger partial charge in [-0.2, -0.15) is 0 Å². The third-order valence-electron chi connectivity index (χ3n) is 5.88. The van der Waals surface area contributed by atoms with Gasteiger partial charge in [0.25, 0.3) is 0 Å². The molecule has 0 bridgehead atoms. The first-order valence-corrected chi connectivity index (χ1v) is 11.4. The maximum atomic E-state index is 12.8. The lowest BCUT2D eigenvalue weighted by Crippen LogP contribution is -2.27. The third-order valence-corrected chi connectivity index (χ3v) is 5.88. The van der Waals surface area contributed by atoms with Gasteiger partial charge in [0, 0.05) is 35.6 Å². The van der Waals surface area contributed by atoms with Crippen LogP contribution in [0, 0.1) is 0 Å². The summed E-state index contributed by atoms with van der Waals surface area (Å²) in [4.78, 5) is 27.7. The van der Waals surface area contributed by atoms with Crippen LogP contribution in [-0.4, -0.2) is 23.9 Å². The normalized spacial score (nSPS) is 11.7. The second-order valence-electron chi connectivity index (χ2n) is 8.35. The van der Waals surface area contributed by atoms with Gasteiger partial charge in [0.1, 0.15) is 5.75 Å². The quantitative estimate of drug-likeness (QED) is 0.323. The van der Waals surface area contributed by atoms with Crippen molar-refractivity contribution >= 4 is 28.4 Å². The minimum Gasteiger partial charge on any atom is -0.497 e. The number of fused-ring (bicyclic) bond motifs is 1. The molecule has 6 nitrogen and oxygen atoms in total. The maximum Gasteiger partial charge on any atom is 0.221 e. The van der Waals surface area contributed by atoms with Crippen LogP contribution in [0.25, 0.3) is 22.2 Å². The Morgan fingerprint density at radius 2 is 1.76 bits per heavy atom. The van der Waals surface area contributed by atoms with Crippen LogP contribution in [0.5, 0.6) is 5.75 Å². The average Bonchev–Trinajstić information content (AvgIpc) is 3.21. The lowest BCUT2D eigenvalue weighted by Gasteiger charge is -2.16. The van der Waals surface area contributed by atoms with Crippen molar-refractivity contribution < 1.29 is 14.3 Å². The van der Waals surface area contributed by atoms with Crippen LogP contribution < -0.4 is 15.4 Å². The van der Waals surface area contributed by atoms with Gasteiger partial charge in [-0.3, -0.25) is 9.59 Å². The highest BCUT2D eigenvalue weighted by Crippen LogP contribution is 2.32. The zero-order valence-corrected chi connectivity index (χ0v) is 19.6. The standard InChI is InChI=1S/C28H29N3O3/c1-18(21-7-6-8-22(17-21)30-19(2)32)29-27(33)16-15-25-24-9-4-5-10-26(24)31-28(25)20-11-13-23(34-3)14-12-20/h4-14,17-18,31H,15-16H2,1-3H3,(H,29,33)(H,30,32). The number of ether oxygens (including phenoxy) is 1. The van der Waals surface area contributed by atoms with E-state index in [1.807, 2.05) is 67.6 Å². The molecule has 1 unspecified atom stereocenters. The van der Waals surface area contributed by atoms with Gasteiger partial charge < -0.3 is 20.4 Å². The van der Waals surface area contributed by atoms with Crippen LogP contribution in [0.1, 0.15) is 37.4 Å². The average molecular weight is 456 g/mol. The number of carbonyl (C=O) groups is 2. The largest absolute Gasteiger partial charge is 0.497 e. The number of amides is 2. The van der Waals surface area contributed by atoms with Gasteiger partial charge >= 0.3 is 0 Å². The maximum absolute atomic E-state index is 12.8. The van der Waals surface area contributed by atoms with Gasteiger partial charge in [0.05, 0.1) is 13.2 Å². The van der Waals surface area contributed by atoms with E-state index in [1.165, 1.54) is 6.92 Å². The summed E-state index contributed by atoms with van der Waals surface area (Å²) in [7, 11) is 1.65. The Bertz CT molecular complexity index is 1310. The number of H-pyrrole nitrogens is 1. The van der Waals surface area contributed by atoms with E-state index < -0.39 is 0 Å². The molecule has 174 valence electrons. The molecule has 34 heavy (non-hydrogen) atoms. The molecule has 4 aromatic rings. The number of para-hydroxylation sites is 1. The Hall–Kier alpha value is -4.06. The number of aryl methyl sites for hydroxylation is 1. The van der Waals surface area contributed by atoms with Crippen molar-refractivity contribution in [3.8, 4) is 17.0 Å². The van der Waals surface area contributed by atoms with Crippen molar-refractivity contribution in [2.45, 2.75) is 32.7 Å². The molecule has 4 rings (SSSR count). The van der Waals surface area contributed by atoms with Crippen molar-refractivity contribution in [3.63, 3.8) is 0 Å². The van der Waals surface area contributed by atoms with E-state index in [-0.39, 0.29) is 17.9 Å². The van der Waals surface area contributed by atoms with Gasteiger partial charge in [-0.25, -0.2) is 0 Å². The molecule has 3 N–H and O–H groups in total.